The van der Waals surface area contributed by atoms with Crippen molar-refractivity contribution in [2.24, 2.45) is 22.7 Å². The van der Waals surface area contributed by atoms with Crippen LogP contribution in [0, 0.1) is 24.7 Å². The van der Waals surface area contributed by atoms with Crippen molar-refractivity contribution in [2.45, 2.75) is 82.7 Å². The molecule has 5 fully saturated rings. The van der Waals surface area contributed by atoms with E-state index in [1.54, 1.807) is 11.3 Å². The van der Waals surface area contributed by atoms with Crippen LogP contribution in [0.25, 0.3) is 0 Å². The van der Waals surface area contributed by atoms with E-state index < -0.39 is 0 Å². The molecule has 0 spiro atoms. The van der Waals surface area contributed by atoms with E-state index in [1.807, 2.05) is 48.5 Å². The smallest absolute Gasteiger partial charge is 0.224 e. The van der Waals surface area contributed by atoms with E-state index in [0.29, 0.717) is 12.5 Å². The molecule has 6 heteroatoms. The maximum absolute atomic E-state index is 12.8. The summed E-state index contributed by atoms with van der Waals surface area (Å²) in [5, 5.41) is 5.33. The first-order valence-electron chi connectivity index (χ1n) is 14.4. The maximum atomic E-state index is 12.8. The number of rotatable bonds is 8. The summed E-state index contributed by atoms with van der Waals surface area (Å²) in [4.78, 5) is 19.6. The minimum atomic E-state index is 0.0466. The first-order chi connectivity index (χ1) is 18.5. The second-order valence-corrected chi connectivity index (χ2v) is 13.2. The molecule has 1 amide bonds. The van der Waals surface area contributed by atoms with Crippen molar-refractivity contribution in [3.63, 3.8) is 0 Å². The van der Waals surface area contributed by atoms with Gasteiger partial charge in [0.15, 0.2) is 4.80 Å². The Morgan fingerprint density at radius 2 is 1.58 bits per heavy atom. The van der Waals surface area contributed by atoms with Crippen molar-refractivity contribution in [2.75, 3.05) is 5.32 Å². The minimum absolute atomic E-state index is 0.0466. The molecule has 0 unspecified atom stereocenters. The van der Waals surface area contributed by atoms with Crippen molar-refractivity contribution >= 4 is 22.9 Å². The Hall–Kier alpha value is -2.86. The zero-order valence-electron chi connectivity index (χ0n) is 22.2. The number of benzene rings is 2. The standard InChI is InChI=1S/C32H37N3O2S/c1-21-2-9-28(10-3-21)37-29-11-4-25(5-12-29)33-30(36)13-8-27-20-38-31(35(27)26-6-7-26)34-32-17-22-14-23(18-32)16-24(15-22)19-32/h2-5,9-12,20,22-24,26H,6-8,13-19H2,1H3,(H,33,36). The SMILES string of the molecule is Cc1ccc(Oc2ccc(NC(=O)CCc3csc(=NC45CC6CC(CC(C6)C4)C5)n3C3CC3)cc2)cc1. The molecule has 1 N–H and O–H groups in total. The third-order valence-electron chi connectivity index (χ3n) is 9.07. The molecule has 5 aliphatic rings. The Labute approximate surface area is 229 Å². The lowest BCUT2D eigenvalue weighted by Crippen LogP contribution is -2.50. The molecule has 5 aliphatic carbocycles. The summed E-state index contributed by atoms with van der Waals surface area (Å²) in [5.41, 5.74) is 3.47. The van der Waals surface area contributed by atoms with Gasteiger partial charge in [-0.25, -0.2) is 0 Å². The lowest BCUT2D eigenvalue weighted by Gasteiger charge is -2.54. The van der Waals surface area contributed by atoms with Crippen molar-refractivity contribution < 1.29 is 9.53 Å². The van der Waals surface area contributed by atoms with E-state index in [4.69, 9.17) is 9.73 Å². The Bertz CT molecular complexity index is 1350. The molecule has 0 saturated heterocycles. The Balaban J connectivity index is 0.998. The number of aromatic nitrogens is 1. The van der Waals surface area contributed by atoms with Gasteiger partial charge in [0.2, 0.25) is 5.91 Å². The zero-order chi connectivity index (χ0) is 25.7. The van der Waals surface area contributed by atoms with Crippen LogP contribution in [-0.2, 0) is 11.2 Å². The highest BCUT2D eigenvalue weighted by atomic mass is 32.1. The minimum Gasteiger partial charge on any atom is -0.457 e. The summed E-state index contributed by atoms with van der Waals surface area (Å²) < 4.78 is 8.40. The van der Waals surface area contributed by atoms with E-state index in [0.717, 1.165) is 41.4 Å². The van der Waals surface area contributed by atoms with Gasteiger partial charge in [-0.2, -0.15) is 0 Å². The van der Waals surface area contributed by atoms with Crippen LogP contribution < -0.4 is 14.9 Å². The van der Waals surface area contributed by atoms with Gasteiger partial charge in [-0.05, 0) is 119 Å². The van der Waals surface area contributed by atoms with Gasteiger partial charge in [-0.1, -0.05) is 17.7 Å². The van der Waals surface area contributed by atoms with Crippen LogP contribution in [0.5, 0.6) is 11.5 Å². The van der Waals surface area contributed by atoms with Crippen LogP contribution in [0.3, 0.4) is 0 Å². The Morgan fingerprint density at radius 1 is 0.974 bits per heavy atom. The molecule has 8 rings (SSSR count). The number of nitrogens with zero attached hydrogens (tertiary/aromatic N) is 2. The highest BCUT2D eigenvalue weighted by Gasteiger charge is 2.51. The normalized spacial score (nSPS) is 28.0. The average Bonchev–Trinajstić information content (AvgIpc) is 3.65. The van der Waals surface area contributed by atoms with Gasteiger partial charge in [0, 0.05) is 29.2 Å². The van der Waals surface area contributed by atoms with E-state index in [-0.39, 0.29) is 11.4 Å². The molecule has 1 aromatic heterocycles. The number of amides is 1. The van der Waals surface area contributed by atoms with Gasteiger partial charge < -0.3 is 14.6 Å². The van der Waals surface area contributed by atoms with Crippen molar-refractivity contribution in [1.29, 1.82) is 0 Å². The third kappa shape index (κ3) is 5.07. The van der Waals surface area contributed by atoms with Crippen LogP contribution in [0.2, 0.25) is 0 Å². The van der Waals surface area contributed by atoms with Gasteiger partial charge in [-0.15, -0.1) is 11.3 Å². The lowest BCUT2D eigenvalue weighted by molar-refractivity contribution is -0.116. The summed E-state index contributed by atoms with van der Waals surface area (Å²) in [7, 11) is 0. The number of carbonyl (C=O) groups excluding carboxylic acids is 1. The molecule has 198 valence electrons. The average molecular weight is 528 g/mol. The van der Waals surface area contributed by atoms with Crippen LogP contribution in [0.4, 0.5) is 5.69 Å². The Morgan fingerprint density at radius 3 is 2.18 bits per heavy atom. The lowest BCUT2D eigenvalue weighted by atomic mass is 9.53. The molecule has 1 heterocycles. The number of aryl methyl sites for hydroxylation is 2. The number of hydrogen-bond acceptors (Lipinski definition) is 4. The monoisotopic (exact) mass is 527 g/mol. The highest BCUT2D eigenvalue weighted by molar-refractivity contribution is 7.07. The predicted molar refractivity (Wildman–Crippen MR) is 152 cm³/mol. The van der Waals surface area contributed by atoms with Crippen molar-refractivity contribution in [3.05, 3.63) is 70.0 Å². The van der Waals surface area contributed by atoms with Gasteiger partial charge in [0.1, 0.15) is 11.5 Å². The van der Waals surface area contributed by atoms with E-state index in [1.165, 1.54) is 67.4 Å². The van der Waals surface area contributed by atoms with Gasteiger partial charge in [-0.3, -0.25) is 9.79 Å². The van der Waals surface area contributed by atoms with E-state index in [2.05, 4.69) is 22.2 Å². The summed E-state index contributed by atoms with van der Waals surface area (Å²) in [6.07, 6.45) is 11.9. The molecule has 38 heavy (non-hydrogen) atoms. The molecule has 4 bridgehead atoms. The van der Waals surface area contributed by atoms with Crippen LogP contribution in [0.15, 0.2) is 58.9 Å². The fraction of sp³-hybridized carbons (Fsp3) is 0.500. The number of ether oxygens (including phenoxy) is 1. The molecule has 0 aliphatic heterocycles. The second-order valence-electron chi connectivity index (χ2n) is 12.4. The second kappa shape index (κ2) is 9.71. The largest absolute Gasteiger partial charge is 0.457 e. The topological polar surface area (TPSA) is 55.6 Å². The maximum Gasteiger partial charge on any atom is 0.224 e. The van der Waals surface area contributed by atoms with Crippen LogP contribution in [0.1, 0.15) is 75.1 Å². The summed E-state index contributed by atoms with van der Waals surface area (Å²) in [6, 6.07) is 16.2. The molecular weight excluding hydrogens is 490 g/mol. The summed E-state index contributed by atoms with van der Waals surface area (Å²) >= 11 is 1.80. The summed E-state index contributed by atoms with van der Waals surface area (Å²) in [6.45, 7) is 2.06. The molecule has 0 atom stereocenters. The number of hydrogen-bond donors (Lipinski definition) is 1. The van der Waals surface area contributed by atoms with Crippen LogP contribution >= 0.6 is 11.3 Å². The number of nitrogens with one attached hydrogen (secondary N) is 1. The fourth-order valence-electron chi connectivity index (χ4n) is 7.56. The fourth-order valence-corrected chi connectivity index (χ4v) is 8.66. The third-order valence-corrected chi connectivity index (χ3v) is 9.96. The van der Waals surface area contributed by atoms with E-state index >= 15 is 0 Å². The number of anilines is 1. The molecule has 5 saturated carbocycles. The first-order valence-corrected chi connectivity index (χ1v) is 15.3. The van der Waals surface area contributed by atoms with Gasteiger partial charge in [0.05, 0.1) is 5.54 Å². The van der Waals surface area contributed by atoms with E-state index in [9.17, 15) is 4.79 Å². The number of thiazole rings is 1. The quantitative estimate of drug-likeness (QED) is 0.331. The van der Waals surface area contributed by atoms with Crippen LogP contribution in [-0.4, -0.2) is 16.0 Å². The van der Waals surface area contributed by atoms with Crippen molar-refractivity contribution in [3.8, 4) is 11.5 Å². The molecule has 2 aromatic carbocycles. The van der Waals surface area contributed by atoms with Crippen molar-refractivity contribution in [1.82, 2.24) is 4.57 Å². The molecule has 0 radical (unpaired) electrons. The number of carbonyl (C=O) groups is 1. The highest BCUT2D eigenvalue weighted by Crippen LogP contribution is 2.57. The summed E-state index contributed by atoms with van der Waals surface area (Å²) in [5.74, 6) is 4.33. The Kier molecular flexibility index (Phi) is 6.18. The van der Waals surface area contributed by atoms with Gasteiger partial charge >= 0.3 is 0 Å². The molecular formula is C32H37N3O2S. The zero-order valence-corrected chi connectivity index (χ0v) is 23.0. The molecule has 3 aromatic rings. The molecule has 5 nitrogen and oxygen atoms in total. The first kappa shape index (κ1) is 24.2. The predicted octanol–water partition coefficient (Wildman–Crippen LogP) is 7.43. The van der Waals surface area contributed by atoms with Gasteiger partial charge in [0.25, 0.3) is 0 Å².